The molecule has 2 aliphatic rings. The lowest BCUT2D eigenvalue weighted by atomic mass is 10.0. The highest BCUT2D eigenvalue weighted by atomic mass is 32.1. The van der Waals surface area contributed by atoms with Gasteiger partial charge < -0.3 is 10.2 Å². The number of likely N-dealkylation sites (tertiary alicyclic amines) is 1. The normalized spacial score (nSPS) is 18.1. The lowest BCUT2D eigenvalue weighted by Crippen LogP contribution is -2.49. The summed E-state index contributed by atoms with van der Waals surface area (Å²) in [5, 5.41) is 3.74. The molecule has 1 N–H and O–H groups in total. The van der Waals surface area contributed by atoms with Gasteiger partial charge in [0.25, 0.3) is 11.8 Å². The molecule has 1 saturated heterocycles. The van der Waals surface area contributed by atoms with Crippen molar-refractivity contribution in [3.63, 3.8) is 0 Å². The molecule has 0 spiro atoms. The van der Waals surface area contributed by atoms with Crippen molar-refractivity contribution in [3.05, 3.63) is 75.9 Å². The zero-order chi connectivity index (χ0) is 26.2. The number of rotatable bonds is 6. The highest BCUT2D eigenvalue weighted by molar-refractivity contribution is 7.15. The molecule has 1 aromatic heterocycles. The Morgan fingerprint density at radius 1 is 1.08 bits per heavy atom. The molecule has 2 aromatic carbocycles. The van der Waals surface area contributed by atoms with Crippen molar-refractivity contribution >= 4 is 23.2 Å². The molecule has 194 valence electrons. The minimum atomic E-state index is -4.52. The van der Waals surface area contributed by atoms with Crippen molar-refractivity contribution in [3.8, 4) is 10.4 Å². The van der Waals surface area contributed by atoms with E-state index in [-0.39, 0.29) is 24.1 Å². The number of benzene rings is 2. The summed E-state index contributed by atoms with van der Waals surface area (Å²) < 4.78 is 39.2. The van der Waals surface area contributed by atoms with Gasteiger partial charge in [0.15, 0.2) is 0 Å². The molecule has 1 atom stereocenters. The minimum absolute atomic E-state index is 0.0566. The Labute approximate surface area is 217 Å². The van der Waals surface area contributed by atoms with Crippen LogP contribution in [0.2, 0.25) is 0 Å². The maximum Gasteiger partial charge on any atom is 0.416 e. The van der Waals surface area contributed by atoms with Gasteiger partial charge in [-0.2, -0.15) is 13.2 Å². The topological polar surface area (TPSA) is 62.3 Å². The van der Waals surface area contributed by atoms with Crippen LogP contribution in [0.5, 0.6) is 0 Å². The van der Waals surface area contributed by atoms with E-state index in [1.807, 2.05) is 25.1 Å². The maximum atomic E-state index is 13.8. The van der Waals surface area contributed by atoms with Crippen LogP contribution in [0.15, 0.2) is 48.5 Å². The lowest BCUT2D eigenvalue weighted by molar-refractivity contribution is -0.137. The highest BCUT2D eigenvalue weighted by Crippen LogP contribution is 2.45. The SMILES string of the molecule is Cc1cccc(-c2sc(C3CC3)nc2C(=O)N2CCCCC2CNC(=O)c2cccc(C(F)(F)F)c2)c1. The Morgan fingerprint density at radius 3 is 2.59 bits per heavy atom. The molecule has 1 unspecified atom stereocenters. The first-order valence-electron chi connectivity index (χ1n) is 12.5. The largest absolute Gasteiger partial charge is 0.416 e. The van der Waals surface area contributed by atoms with Crippen molar-refractivity contribution in [1.82, 2.24) is 15.2 Å². The summed E-state index contributed by atoms with van der Waals surface area (Å²) in [6.45, 7) is 2.73. The van der Waals surface area contributed by atoms with Crippen molar-refractivity contribution in [2.75, 3.05) is 13.1 Å². The molecule has 1 aliphatic carbocycles. The molecule has 0 bridgehead atoms. The van der Waals surface area contributed by atoms with Gasteiger partial charge >= 0.3 is 6.18 Å². The van der Waals surface area contributed by atoms with Crippen LogP contribution in [0.1, 0.15) is 75.0 Å². The molecule has 0 radical (unpaired) electrons. The van der Waals surface area contributed by atoms with Gasteiger partial charge in [0.05, 0.1) is 15.4 Å². The van der Waals surface area contributed by atoms with Gasteiger partial charge in [0.2, 0.25) is 0 Å². The quantitative estimate of drug-likeness (QED) is 0.401. The standard InChI is InChI=1S/C28H28F3N3O2S/c1-17-6-4-7-19(14-17)24-23(33-26(37-24)18-11-12-18)27(36)34-13-3-2-10-22(34)16-32-25(35)20-8-5-9-21(15-20)28(29,30)31/h4-9,14-15,18,22H,2-3,10-13,16H2,1H3,(H,32,35). The Morgan fingerprint density at radius 2 is 1.86 bits per heavy atom. The number of hydrogen-bond acceptors (Lipinski definition) is 4. The van der Waals surface area contributed by atoms with Gasteiger partial charge in [0.1, 0.15) is 5.69 Å². The number of aromatic nitrogens is 1. The summed E-state index contributed by atoms with van der Waals surface area (Å²) in [7, 11) is 0. The Bertz CT molecular complexity index is 1320. The second-order valence-corrected chi connectivity index (χ2v) is 10.8. The van der Waals surface area contributed by atoms with E-state index in [0.717, 1.165) is 58.8 Å². The van der Waals surface area contributed by atoms with Gasteiger partial charge in [-0.25, -0.2) is 4.98 Å². The molecule has 1 aliphatic heterocycles. The smallest absolute Gasteiger partial charge is 0.350 e. The zero-order valence-electron chi connectivity index (χ0n) is 20.5. The van der Waals surface area contributed by atoms with Gasteiger partial charge in [-0.15, -0.1) is 11.3 Å². The van der Waals surface area contributed by atoms with Crippen LogP contribution in [0.4, 0.5) is 13.2 Å². The molecule has 5 rings (SSSR count). The van der Waals surface area contributed by atoms with E-state index in [4.69, 9.17) is 4.98 Å². The number of piperidine rings is 1. The van der Waals surface area contributed by atoms with Crippen LogP contribution in [0.25, 0.3) is 10.4 Å². The van der Waals surface area contributed by atoms with Crippen LogP contribution in [-0.4, -0.2) is 40.8 Å². The Hall–Kier alpha value is -3.20. The number of aryl methyl sites for hydroxylation is 1. The third-order valence-corrected chi connectivity index (χ3v) is 8.16. The number of carbonyl (C=O) groups excluding carboxylic acids is 2. The van der Waals surface area contributed by atoms with Crippen molar-refractivity contribution in [1.29, 1.82) is 0 Å². The first-order chi connectivity index (χ1) is 17.7. The van der Waals surface area contributed by atoms with Gasteiger partial charge in [-0.3, -0.25) is 9.59 Å². The second-order valence-electron chi connectivity index (χ2n) is 9.81. The molecule has 5 nitrogen and oxygen atoms in total. The number of amides is 2. The molecule has 3 aromatic rings. The second kappa shape index (κ2) is 10.3. The van der Waals surface area contributed by atoms with E-state index in [9.17, 15) is 22.8 Å². The summed E-state index contributed by atoms with van der Waals surface area (Å²) >= 11 is 1.58. The fourth-order valence-corrected chi connectivity index (χ4v) is 5.96. The van der Waals surface area contributed by atoms with Crippen LogP contribution in [-0.2, 0) is 6.18 Å². The van der Waals surface area contributed by atoms with Crippen LogP contribution in [0, 0.1) is 6.92 Å². The zero-order valence-corrected chi connectivity index (χ0v) is 21.3. The van der Waals surface area contributed by atoms with E-state index in [0.29, 0.717) is 24.6 Å². The molecule has 2 amide bonds. The number of alkyl halides is 3. The van der Waals surface area contributed by atoms with E-state index in [1.165, 1.54) is 12.1 Å². The first kappa shape index (κ1) is 25.4. The molecular formula is C28H28F3N3O2S. The van der Waals surface area contributed by atoms with E-state index in [2.05, 4.69) is 11.4 Å². The van der Waals surface area contributed by atoms with E-state index >= 15 is 0 Å². The fourth-order valence-electron chi connectivity index (χ4n) is 4.73. The lowest BCUT2D eigenvalue weighted by Gasteiger charge is -2.35. The van der Waals surface area contributed by atoms with E-state index in [1.54, 1.807) is 16.2 Å². The van der Waals surface area contributed by atoms with E-state index < -0.39 is 17.6 Å². The Balaban J connectivity index is 1.35. The Kier molecular flexibility index (Phi) is 7.07. The summed E-state index contributed by atoms with van der Waals surface area (Å²) in [5.41, 5.74) is 1.60. The molecule has 2 fully saturated rings. The molecule has 2 heterocycles. The van der Waals surface area contributed by atoms with Crippen molar-refractivity contribution in [2.45, 2.75) is 57.2 Å². The maximum absolute atomic E-state index is 13.8. The van der Waals surface area contributed by atoms with Gasteiger partial charge in [-0.05, 0) is 62.8 Å². The molecule has 1 saturated carbocycles. The average molecular weight is 528 g/mol. The monoisotopic (exact) mass is 527 g/mol. The number of halogens is 3. The number of nitrogens with zero attached hydrogens (tertiary/aromatic N) is 2. The van der Waals surface area contributed by atoms with Crippen molar-refractivity contribution < 1.29 is 22.8 Å². The molecule has 37 heavy (non-hydrogen) atoms. The summed E-state index contributed by atoms with van der Waals surface area (Å²) in [4.78, 5) is 34.0. The van der Waals surface area contributed by atoms with Gasteiger partial charge in [0, 0.05) is 30.6 Å². The third-order valence-electron chi connectivity index (χ3n) is 6.89. The van der Waals surface area contributed by atoms with Crippen LogP contribution >= 0.6 is 11.3 Å². The fraction of sp³-hybridized carbons (Fsp3) is 0.393. The number of thiazole rings is 1. The third kappa shape index (κ3) is 5.71. The molecule has 9 heteroatoms. The minimum Gasteiger partial charge on any atom is -0.350 e. The average Bonchev–Trinajstić information content (AvgIpc) is 3.64. The number of hydrogen-bond donors (Lipinski definition) is 1. The highest BCUT2D eigenvalue weighted by Gasteiger charge is 2.35. The summed E-state index contributed by atoms with van der Waals surface area (Å²) in [6.07, 6.45) is 0.107. The predicted molar refractivity (Wildman–Crippen MR) is 137 cm³/mol. The first-order valence-corrected chi connectivity index (χ1v) is 13.4. The number of nitrogens with one attached hydrogen (secondary N) is 1. The predicted octanol–water partition coefficient (Wildman–Crippen LogP) is 6.44. The van der Waals surface area contributed by atoms with Crippen LogP contribution in [0.3, 0.4) is 0 Å². The summed E-state index contributed by atoms with van der Waals surface area (Å²) in [5.74, 6) is -0.328. The van der Waals surface area contributed by atoms with Crippen LogP contribution < -0.4 is 5.32 Å². The molecular weight excluding hydrogens is 499 g/mol. The number of carbonyl (C=O) groups is 2. The van der Waals surface area contributed by atoms with Gasteiger partial charge in [-0.1, -0.05) is 35.9 Å². The van der Waals surface area contributed by atoms with Crippen molar-refractivity contribution in [2.24, 2.45) is 0 Å². The summed E-state index contributed by atoms with van der Waals surface area (Å²) in [6, 6.07) is 12.2.